The number of benzene rings is 3. The number of methoxy groups -OCH3 is 3. The van der Waals surface area contributed by atoms with Crippen LogP contribution in [-0.4, -0.2) is 50.6 Å². The Morgan fingerprint density at radius 2 is 1.36 bits per heavy atom. The molecule has 33 heavy (non-hydrogen) atoms. The van der Waals surface area contributed by atoms with Crippen LogP contribution in [0.4, 0.5) is 4.39 Å². The predicted octanol–water partition coefficient (Wildman–Crippen LogP) is 4.29. The van der Waals surface area contributed by atoms with E-state index in [4.69, 9.17) is 18.9 Å². The summed E-state index contributed by atoms with van der Waals surface area (Å²) in [5, 5.41) is 10.7. The van der Waals surface area contributed by atoms with Gasteiger partial charge in [0, 0.05) is 19.6 Å². The number of halogens is 1. The van der Waals surface area contributed by atoms with Crippen molar-refractivity contribution in [1.82, 2.24) is 4.90 Å². The molecule has 0 unspecified atom stereocenters. The second-order valence-electron chi connectivity index (χ2n) is 7.63. The predicted molar refractivity (Wildman–Crippen MR) is 125 cm³/mol. The van der Waals surface area contributed by atoms with Gasteiger partial charge in [-0.1, -0.05) is 18.2 Å². The molecule has 1 N–H and O–H groups in total. The molecule has 0 amide bonds. The molecule has 3 aromatic rings. The van der Waals surface area contributed by atoms with Crippen molar-refractivity contribution < 1.29 is 28.4 Å². The molecule has 0 aromatic heterocycles. The van der Waals surface area contributed by atoms with Crippen molar-refractivity contribution in [2.75, 3.05) is 34.5 Å². The van der Waals surface area contributed by atoms with Crippen LogP contribution in [0.3, 0.4) is 0 Å². The number of rotatable bonds is 12. The Hall–Kier alpha value is -3.29. The number of aliphatic hydroxyl groups is 1. The van der Waals surface area contributed by atoms with Crippen molar-refractivity contribution in [2.45, 2.75) is 19.2 Å². The van der Waals surface area contributed by atoms with E-state index in [1.807, 2.05) is 18.2 Å². The molecule has 0 radical (unpaired) electrons. The molecule has 7 heteroatoms. The van der Waals surface area contributed by atoms with Crippen molar-refractivity contribution in [3.63, 3.8) is 0 Å². The fourth-order valence-electron chi connectivity index (χ4n) is 3.49. The largest absolute Gasteiger partial charge is 0.497 e. The van der Waals surface area contributed by atoms with Crippen molar-refractivity contribution in [3.05, 3.63) is 83.7 Å². The molecule has 0 heterocycles. The monoisotopic (exact) mass is 455 g/mol. The van der Waals surface area contributed by atoms with E-state index in [0.717, 1.165) is 16.9 Å². The Morgan fingerprint density at radius 1 is 0.758 bits per heavy atom. The first-order chi connectivity index (χ1) is 16.0. The summed E-state index contributed by atoms with van der Waals surface area (Å²) in [4.78, 5) is 2.08. The molecular formula is C26H30FNO5. The second kappa shape index (κ2) is 12.1. The van der Waals surface area contributed by atoms with Crippen LogP contribution in [0.5, 0.6) is 23.0 Å². The minimum atomic E-state index is -0.729. The van der Waals surface area contributed by atoms with Crippen molar-refractivity contribution in [1.29, 1.82) is 0 Å². The first kappa shape index (κ1) is 24.4. The number of aliphatic hydroxyl groups excluding tert-OH is 1. The lowest BCUT2D eigenvalue weighted by atomic mass is 10.1. The van der Waals surface area contributed by atoms with Gasteiger partial charge in [0.15, 0.2) is 11.5 Å². The zero-order chi connectivity index (χ0) is 23.6. The smallest absolute Gasteiger partial charge is 0.161 e. The number of nitrogens with zero attached hydrogens (tertiary/aromatic N) is 1. The lowest BCUT2D eigenvalue weighted by Crippen LogP contribution is -2.35. The van der Waals surface area contributed by atoms with E-state index in [-0.39, 0.29) is 12.4 Å². The normalized spacial score (nSPS) is 11.8. The molecule has 1 atom stereocenters. The third-order valence-electron chi connectivity index (χ3n) is 5.14. The van der Waals surface area contributed by atoms with Gasteiger partial charge in [-0.3, -0.25) is 4.90 Å². The highest BCUT2D eigenvalue weighted by atomic mass is 19.1. The van der Waals surface area contributed by atoms with E-state index < -0.39 is 6.10 Å². The molecule has 0 spiro atoms. The lowest BCUT2D eigenvalue weighted by molar-refractivity contribution is 0.0628. The minimum absolute atomic E-state index is 0.137. The summed E-state index contributed by atoms with van der Waals surface area (Å²) in [6.45, 7) is 1.59. The molecular weight excluding hydrogens is 425 g/mol. The third-order valence-corrected chi connectivity index (χ3v) is 5.14. The van der Waals surface area contributed by atoms with Gasteiger partial charge in [-0.05, 0) is 59.7 Å². The van der Waals surface area contributed by atoms with Gasteiger partial charge in [0.05, 0.1) is 21.3 Å². The van der Waals surface area contributed by atoms with Crippen LogP contribution in [-0.2, 0) is 13.1 Å². The number of ether oxygens (including phenoxy) is 4. The standard InChI is InChI=1S/C26H30FNO5/c1-30-23-9-11-24(12-10-23)33-18-22(29)17-28(15-19-4-7-21(27)8-5-19)16-20-6-13-25(31-2)26(14-20)32-3/h4-14,22,29H,15-18H2,1-3H3/t22-/m1/s1. The minimum Gasteiger partial charge on any atom is -0.497 e. The first-order valence-corrected chi connectivity index (χ1v) is 10.6. The van der Waals surface area contributed by atoms with Gasteiger partial charge in [-0.2, -0.15) is 0 Å². The summed E-state index contributed by atoms with van der Waals surface area (Å²) in [7, 11) is 4.80. The van der Waals surface area contributed by atoms with Gasteiger partial charge in [0.2, 0.25) is 0 Å². The first-order valence-electron chi connectivity index (χ1n) is 10.6. The second-order valence-corrected chi connectivity index (χ2v) is 7.63. The Kier molecular flexibility index (Phi) is 8.92. The van der Waals surface area contributed by atoms with Crippen LogP contribution in [0.25, 0.3) is 0 Å². The van der Waals surface area contributed by atoms with Crippen molar-refractivity contribution in [2.24, 2.45) is 0 Å². The Balaban J connectivity index is 1.68. The van der Waals surface area contributed by atoms with Crippen molar-refractivity contribution >= 4 is 0 Å². The van der Waals surface area contributed by atoms with Crippen LogP contribution < -0.4 is 18.9 Å². The number of hydrogen-bond acceptors (Lipinski definition) is 6. The maximum atomic E-state index is 13.3. The van der Waals surface area contributed by atoms with E-state index >= 15 is 0 Å². The average molecular weight is 456 g/mol. The highest BCUT2D eigenvalue weighted by molar-refractivity contribution is 5.42. The zero-order valence-corrected chi connectivity index (χ0v) is 19.2. The zero-order valence-electron chi connectivity index (χ0n) is 19.2. The quantitative estimate of drug-likeness (QED) is 0.440. The third kappa shape index (κ3) is 7.37. The van der Waals surface area contributed by atoms with Crippen LogP contribution in [0.15, 0.2) is 66.7 Å². The molecule has 0 fully saturated rings. The maximum Gasteiger partial charge on any atom is 0.161 e. The van der Waals surface area contributed by atoms with E-state index in [1.54, 1.807) is 57.7 Å². The molecule has 3 rings (SSSR count). The van der Waals surface area contributed by atoms with Gasteiger partial charge < -0.3 is 24.1 Å². The maximum absolute atomic E-state index is 13.3. The molecule has 0 bridgehead atoms. The summed E-state index contributed by atoms with van der Waals surface area (Å²) in [5.74, 6) is 2.40. The van der Waals surface area contributed by atoms with Gasteiger partial charge in [0.1, 0.15) is 30.0 Å². The summed E-state index contributed by atoms with van der Waals surface area (Å²) >= 11 is 0. The fourth-order valence-corrected chi connectivity index (χ4v) is 3.49. The lowest BCUT2D eigenvalue weighted by Gasteiger charge is -2.26. The average Bonchev–Trinajstić information content (AvgIpc) is 2.84. The van der Waals surface area contributed by atoms with E-state index in [2.05, 4.69) is 4.90 Å². The van der Waals surface area contributed by atoms with Crippen LogP contribution in [0.1, 0.15) is 11.1 Å². The summed E-state index contributed by atoms with van der Waals surface area (Å²) < 4.78 is 35.0. The molecule has 176 valence electrons. The van der Waals surface area contributed by atoms with Crippen LogP contribution in [0.2, 0.25) is 0 Å². The molecule has 0 saturated heterocycles. The molecule has 0 aliphatic carbocycles. The Morgan fingerprint density at radius 3 is 2.00 bits per heavy atom. The molecule has 0 saturated carbocycles. The summed E-state index contributed by atoms with van der Waals surface area (Å²) in [6.07, 6.45) is -0.729. The summed E-state index contributed by atoms with van der Waals surface area (Å²) in [6, 6.07) is 19.3. The van der Waals surface area contributed by atoms with E-state index in [0.29, 0.717) is 36.9 Å². The topological polar surface area (TPSA) is 60.4 Å². The van der Waals surface area contributed by atoms with E-state index in [9.17, 15) is 9.50 Å². The van der Waals surface area contributed by atoms with Gasteiger partial charge in [0.25, 0.3) is 0 Å². The van der Waals surface area contributed by atoms with Crippen LogP contribution in [0, 0.1) is 5.82 Å². The van der Waals surface area contributed by atoms with E-state index in [1.165, 1.54) is 12.1 Å². The summed E-state index contributed by atoms with van der Waals surface area (Å²) in [5.41, 5.74) is 1.94. The SMILES string of the molecule is COc1ccc(OC[C@H](O)CN(Cc2ccc(F)cc2)Cc2ccc(OC)c(OC)c2)cc1. The van der Waals surface area contributed by atoms with Gasteiger partial charge in [-0.15, -0.1) is 0 Å². The van der Waals surface area contributed by atoms with Crippen molar-refractivity contribution in [3.8, 4) is 23.0 Å². The molecule has 0 aliphatic rings. The highest BCUT2D eigenvalue weighted by Gasteiger charge is 2.15. The van der Waals surface area contributed by atoms with Gasteiger partial charge in [-0.25, -0.2) is 4.39 Å². The Labute approximate surface area is 194 Å². The fraction of sp³-hybridized carbons (Fsp3) is 0.308. The Bertz CT molecular complexity index is 995. The molecule has 0 aliphatic heterocycles. The van der Waals surface area contributed by atoms with Crippen LogP contribution >= 0.6 is 0 Å². The number of hydrogen-bond donors (Lipinski definition) is 1. The highest BCUT2D eigenvalue weighted by Crippen LogP contribution is 2.28. The van der Waals surface area contributed by atoms with Gasteiger partial charge >= 0.3 is 0 Å². The molecule has 6 nitrogen and oxygen atoms in total. The molecule has 3 aromatic carbocycles.